The zero-order valence-corrected chi connectivity index (χ0v) is 15.4. The highest BCUT2D eigenvalue weighted by atomic mass is 16.2. The fourth-order valence-electron chi connectivity index (χ4n) is 2.96. The normalized spacial score (nSPS) is 10.6. The highest BCUT2D eigenvalue weighted by molar-refractivity contribution is 5.90. The third kappa shape index (κ3) is 5.14. The molecule has 0 aliphatic rings. The Kier molecular flexibility index (Phi) is 6.15. The predicted molar refractivity (Wildman–Crippen MR) is 107 cm³/mol. The fraction of sp³-hybridized carbons (Fsp3) is 0.227. The minimum atomic E-state index is -0.0615. The Hall–Kier alpha value is -3.21. The van der Waals surface area contributed by atoms with Gasteiger partial charge in [0.05, 0.1) is 11.9 Å². The number of amides is 2. The summed E-state index contributed by atoms with van der Waals surface area (Å²) < 4.78 is 0. The topological polar surface area (TPSA) is 71.1 Å². The van der Waals surface area contributed by atoms with Crippen LogP contribution in [0.5, 0.6) is 0 Å². The molecule has 3 rings (SSSR count). The molecule has 0 bridgehead atoms. The number of fused-ring (bicyclic) bond motifs is 1. The number of carbonyl (C=O) groups excluding carboxylic acids is 2. The molecule has 0 spiro atoms. The maximum Gasteiger partial charge on any atom is 0.224 e. The van der Waals surface area contributed by atoms with Gasteiger partial charge in [0.25, 0.3) is 0 Å². The Morgan fingerprint density at radius 2 is 1.81 bits per heavy atom. The first-order valence-electron chi connectivity index (χ1n) is 9.14. The summed E-state index contributed by atoms with van der Waals surface area (Å²) in [5, 5.41) is 6.84. The number of aromatic nitrogens is 1. The zero-order valence-electron chi connectivity index (χ0n) is 15.4. The van der Waals surface area contributed by atoms with Gasteiger partial charge >= 0.3 is 0 Å². The molecule has 2 aromatic carbocycles. The van der Waals surface area contributed by atoms with Crippen LogP contribution >= 0.6 is 0 Å². The zero-order chi connectivity index (χ0) is 19.1. The standard InChI is InChI=1S/C22H23N3O2/c1-2-6-20(26)25-19-11-3-7-16(13-19)15-24-21(27)14-18-9-4-8-17-10-5-12-23-22(17)18/h3-5,7-13H,2,6,14-15H2,1H3,(H,24,27)(H,25,26). The van der Waals surface area contributed by atoms with E-state index < -0.39 is 0 Å². The van der Waals surface area contributed by atoms with Gasteiger partial charge in [0.1, 0.15) is 0 Å². The number of hydrogen-bond acceptors (Lipinski definition) is 3. The van der Waals surface area contributed by atoms with Crippen molar-refractivity contribution in [2.75, 3.05) is 5.32 Å². The Morgan fingerprint density at radius 1 is 1.00 bits per heavy atom. The van der Waals surface area contributed by atoms with E-state index in [1.807, 2.05) is 61.5 Å². The van der Waals surface area contributed by atoms with E-state index >= 15 is 0 Å². The van der Waals surface area contributed by atoms with Gasteiger partial charge in [-0.05, 0) is 35.7 Å². The second-order valence-corrected chi connectivity index (χ2v) is 6.44. The molecule has 0 aliphatic carbocycles. The molecule has 1 aromatic heterocycles. The monoisotopic (exact) mass is 361 g/mol. The van der Waals surface area contributed by atoms with E-state index in [1.54, 1.807) is 6.20 Å². The molecule has 0 radical (unpaired) electrons. The first-order valence-corrected chi connectivity index (χ1v) is 9.14. The predicted octanol–water partition coefficient (Wildman–Crippen LogP) is 3.83. The molecule has 3 aromatic rings. The van der Waals surface area contributed by atoms with Crippen LogP contribution in [0.25, 0.3) is 10.9 Å². The largest absolute Gasteiger partial charge is 0.352 e. The third-order valence-electron chi connectivity index (χ3n) is 4.24. The number of hydrogen-bond donors (Lipinski definition) is 2. The molecule has 1 heterocycles. The lowest BCUT2D eigenvalue weighted by molar-refractivity contribution is -0.120. The van der Waals surface area contributed by atoms with Crippen molar-refractivity contribution < 1.29 is 9.59 Å². The van der Waals surface area contributed by atoms with Gasteiger partial charge in [0.2, 0.25) is 11.8 Å². The number of nitrogens with one attached hydrogen (secondary N) is 2. The third-order valence-corrected chi connectivity index (χ3v) is 4.24. The maximum atomic E-state index is 12.4. The van der Waals surface area contributed by atoms with Crippen molar-refractivity contribution in [2.45, 2.75) is 32.7 Å². The van der Waals surface area contributed by atoms with Crippen LogP contribution in [0.15, 0.2) is 60.8 Å². The van der Waals surface area contributed by atoms with Crippen LogP contribution in [0.3, 0.4) is 0 Å². The van der Waals surface area contributed by atoms with Gasteiger partial charge in [0, 0.05) is 30.2 Å². The van der Waals surface area contributed by atoms with Gasteiger partial charge in [-0.15, -0.1) is 0 Å². The molecule has 0 saturated carbocycles. The number of pyridine rings is 1. The molecule has 5 heteroatoms. The molecular formula is C22H23N3O2. The van der Waals surface area contributed by atoms with Gasteiger partial charge in [0.15, 0.2) is 0 Å². The van der Waals surface area contributed by atoms with Crippen molar-refractivity contribution in [3.05, 3.63) is 71.9 Å². The average Bonchev–Trinajstić information content (AvgIpc) is 2.67. The summed E-state index contributed by atoms with van der Waals surface area (Å²) in [6.07, 6.45) is 3.33. The van der Waals surface area contributed by atoms with Crippen molar-refractivity contribution in [2.24, 2.45) is 0 Å². The summed E-state index contributed by atoms with van der Waals surface area (Å²) in [6, 6.07) is 17.3. The van der Waals surface area contributed by atoms with Crippen LogP contribution < -0.4 is 10.6 Å². The Bertz CT molecular complexity index is 948. The molecule has 0 aliphatic heterocycles. The van der Waals surface area contributed by atoms with E-state index in [-0.39, 0.29) is 18.2 Å². The molecule has 0 saturated heterocycles. The van der Waals surface area contributed by atoms with E-state index in [4.69, 9.17) is 0 Å². The molecule has 5 nitrogen and oxygen atoms in total. The summed E-state index contributed by atoms with van der Waals surface area (Å²) in [7, 11) is 0. The van der Waals surface area contributed by atoms with Crippen molar-refractivity contribution in [3.63, 3.8) is 0 Å². The van der Waals surface area contributed by atoms with Gasteiger partial charge in [-0.2, -0.15) is 0 Å². The minimum absolute atomic E-state index is 0.00198. The molecule has 0 atom stereocenters. The van der Waals surface area contributed by atoms with E-state index in [1.165, 1.54) is 0 Å². The molecule has 2 amide bonds. The van der Waals surface area contributed by atoms with Crippen LogP contribution in [-0.2, 0) is 22.6 Å². The van der Waals surface area contributed by atoms with Crippen molar-refractivity contribution in [1.29, 1.82) is 0 Å². The summed E-state index contributed by atoms with van der Waals surface area (Å²) in [5.74, 6) is -0.0595. The SMILES string of the molecule is CCCC(=O)Nc1cccc(CNC(=O)Cc2cccc3cccnc23)c1. The number of para-hydroxylation sites is 1. The number of anilines is 1. The minimum Gasteiger partial charge on any atom is -0.352 e. The molecule has 0 fully saturated rings. The van der Waals surface area contributed by atoms with Gasteiger partial charge in [-0.1, -0.05) is 43.3 Å². The number of benzene rings is 2. The number of nitrogens with zero attached hydrogens (tertiary/aromatic N) is 1. The van der Waals surface area contributed by atoms with E-state index in [2.05, 4.69) is 15.6 Å². The maximum absolute atomic E-state index is 12.4. The lowest BCUT2D eigenvalue weighted by atomic mass is 10.1. The lowest BCUT2D eigenvalue weighted by Gasteiger charge is -2.09. The van der Waals surface area contributed by atoms with E-state index in [9.17, 15) is 9.59 Å². The van der Waals surface area contributed by atoms with Crippen LogP contribution in [0.1, 0.15) is 30.9 Å². The molecular weight excluding hydrogens is 338 g/mol. The van der Waals surface area contributed by atoms with Crippen molar-refractivity contribution in [3.8, 4) is 0 Å². The number of rotatable bonds is 7. The van der Waals surface area contributed by atoms with Crippen molar-refractivity contribution >= 4 is 28.4 Å². The summed E-state index contributed by atoms with van der Waals surface area (Å²) >= 11 is 0. The van der Waals surface area contributed by atoms with E-state index in [0.717, 1.165) is 34.1 Å². The molecule has 27 heavy (non-hydrogen) atoms. The quantitative estimate of drug-likeness (QED) is 0.672. The van der Waals surface area contributed by atoms with Crippen molar-refractivity contribution in [1.82, 2.24) is 10.3 Å². The fourth-order valence-corrected chi connectivity index (χ4v) is 2.96. The Labute approximate surface area is 158 Å². The van der Waals surface area contributed by atoms with Crippen LogP contribution in [0.2, 0.25) is 0 Å². The van der Waals surface area contributed by atoms with Crippen LogP contribution in [0, 0.1) is 0 Å². The number of carbonyl (C=O) groups is 2. The van der Waals surface area contributed by atoms with Crippen LogP contribution in [-0.4, -0.2) is 16.8 Å². The summed E-state index contributed by atoms with van der Waals surface area (Å²) in [5.41, 5.74) is 3.45. The lowest BCUT2D eigenvalue weighted by Crippen LogP contribution is -2.24. The smallest absolute Gasteiger partial charge is 0.224 e. The first-order chi connectivity index (χ1) is 13.2. The Balaban J connectivity index is 1.60. The summed E-state index contributed by atoms with van der Waals surface area (Å²) in [6.45, 7) is 2.38. The highest BCUT2D eigenvalue weighted by Crippen LogP contribution is 2.16. The average molecular weight is 361 g/mol. The summed E-state index contributed by atoms with van der Waals surface area (Å²) in [4.78, 5) is 28.5. The van der Waals surface area contributed by atoms with E-state index in [0.29, 0.717) is 13.0 Å². The molecule has 2 N–H and O–H groups in total. The van der Waals surface area contributed by atoms with Crippen LogP contribution in [0.4, 0.5) is 5.69 Å². The molecule has 0 unspecified atom stereocenters. The second kappa shape index (κ2) is 8.94. The van der Waals surface area contributed by atoms with Gasteiger partial charge in [-0.25, -0.2) is 0 Å². The first kappa shape index (κ1) is 18.6. The van der Waals surface area contributed by atoms with Gasteiger partial charge < -0.3 is 10.6 Å². The van der Waals surface area contributed by atoms with Gasteiger partial charge in [-0.3, -0.25) is 14.6 Å². The highest BCUT2D eigenvalue weighted by Gasteiger charge is 2.08. The Morgan fingerprint density at radius 3 is 2.67 bits per heavy atom. The second-order valence-electron chi connectivity index (χ2n) is 6.44. The molecule has 138 valence electrons.